The van der Waals surface area contributed by atoms with Crippen LogP contribution < -0.4 is 0 Å². The minimum Gasteiger partial charge on any atom is -0.412 e. The zero-order valence-corrected chi connectivity index (χ0v) is 18.2. The highest BCUT2D eigenvalue weighted by Gasteiger charge is 2.57. The van der Waals surface area contributed by atoms with E-state index in [2.05, 4.69) is 47.3 Å². The minimum absolute atomic E-state index is 0.0551. The van der Waals surface area contributed by atoms with Crippen molar-refractivity contribution in [3.05, 3.63) is 0 Å². The average Bonchev–Trinajstić information content (AvgIpc) is 2.75. The first-order valence-corrected chi connectivity index (χ1v) is 13.6. The van der Waals surface area contributed by atoms with E-state index in [1.54, 1.807) is 0 Å². The third kappa shape index (κ3) is 4.33. The smallest absolute Gasteiger partial charge is 0.184 e. The summed E-state index contributed by atoms with van der Waals surface area (Å²) in [4.78, 5) is 12.5. The van der Waals surface area contributed by atoms with E-state index in [4.69, 9.17) is 4.43 Å². The predicted octanol–water partition coefficient (Wildman–Crippen LogP) is 6.21. The maximum Gasteiger partial charge on any atom is 0.184 e. The minimum atomic E-state index is -1.63. The first-order valence-electron chi connectivity index (χ1n) is 10.2. The molecule has 2 saturated carbocycles. The summed E-state index contributed by atoms with van der Waals surface area (Å²) in [5, 5.41) is 0. The van der Waals surface area contributed by atoms with Crippen molar-refractivity contribution in [2.75, 3.05) is 0 Å². The van der Waals surface area contributed by atoms with Crippen LogP contribution in [0, 0.1) is 23.2 Å². The molecule has 0 amide bonds. The molecule has 0 aromatic rings. The van der Waals surface area contributed by atoms with Crippen LogP contribution >= 0.6 is 0 Å². The summed E-state index contributed by atoms with van der Waals surface area (Å²) in [6.45, 7) is 16.3. The van der Waals surface area contributed by atoms with Crippen molar-refractivity contribution < 1.29 is 9.22 Å². The van der Waals surface area contributed by atoms with Crippen LogP contribution in [0.4, 0.5) is 0 Å². The molecule has 2 aliphatic rings. The number of hydrogen-bond donors (Lipinski definition) is 0. The van der Waals surface area contributed by atoms with Crippen LogP contribution in [0.5, 0.6) is 0 Å². The highest BCUT2D eigenvalue weighted by molar-refractivity contribution is 6.69. The quantitative estimate of drug-likeness (QED) is 0.509. The van der Waals surface area contributed by atoms with E-state index < -0.39 is 8.32 Å². The van der Waals surface area contributed by atoms with E-state index in [1.165, 1.54) is 25.7 Å². The molecule has 140 valence electrons. The third-order valence-corrected chi connectivity index (χ3v) is 7.67. The third-order valence-electron chi connectivity index (χ3n) is 6.59. The summed E-state index contributed by atoms with van der Waals surface area (Å²) >= 11 is 0. The Balaban J connectivity index is 2.24. The van der Waals surface area contributed by atoms with Crippen LogP contribution in [0.2, 0.25) is 19.6 Å². The van der Waals surface area contributed by atoms with Gasteiger partial charge in [0.15, 0.2) is 8.32 Å². The van der Waals surface area contributed by atoms with Gasteiger partial charge in [-0.15, -0.1) is 0 Å². The van der Waals surface area contributed by atoms with Crippen molar-refractivity contribution in [3.8, 4) is 0 Å². The molecule has 4 atom stereocenters. The number of fused-ring (bicyclic) bond motifs is 1. The van der Waals surface area contributed by atoms with Crippen molar-refractivity contribution in [1.29, 1.82) is 0 Å². The van der Waals surface area contributed by atoms with E-state index in [0.29, 0.717) is 17.6 Å². The molecule has 0 aromatic carbocycles. The summed E-state index contributed by atoms with van der Waals surface area (Å²) in [7, 11) is -1.63. The van der Waals surface area contributed by atoms with E-state index >= 15 is 0 Å². The second kappa shape index (κ2) is 7.23. The molecule has 2 rings (SSSR count). The number of hydrogen-bond acceptors (Lipinski definition) is 2. The van der Waals surface area contributed by atoms with Gasteiger partial charge in [-0.3, -0.25) is 4.79 Å². The van der Waals surface area contributed by atoms with Gasteiger partial charge >= 0.3 is 0 Å². The molecular weight excluding hydrogens is 312 g/mol. The highest BCUT2D eigenvalue weighted by Crippen LogP contribution is 2.59. The van der Waals surface area contributed by atoms with Gasteiger partial charge in [0, 0.05) is 12.3 Å². The lowest BCUT2D eigenvalue weighted by atomic mass is 9.60. The Kier molecular flexibility index (Phi) is 6.07. The van der Waals surface area contributed by atoms with Crippen LogP contribution in [0.15, 0.2) is 0 Å². The molecule has 4 unspecified atom stereocenters. The van der Waals surface area contributed by atoms with E-state index in [1.807, 2.05) is 0 Å². The average molecular weight is 353 g/mol. The predicted molar refractivity (Wildman–Crippen MR) is 105 cm³/mol. The number of ketones is 1. The lowest BCUT2D eigenvalue weighted by molar-refractivity contribution is -0.132. The van der Waals surface area contributed by atoms with Crippen molar-refractivity contribution in [2.24, 2.45) is 23.2 Å². The van der Waals surface area contributed by atoms with Gasteiger partial charge in [-0.25, -0.2) is 0 Å². The maximum absolute atomic E-state index is 12.5. The first-order chi connectivity index (χ1) is 11.0. The molecule has 2 fully saturated rings. The fourth-order valence-corrected chi connectivity index (χ4v) is 7.43. The lowest BCUT2D eigenvalue weighted by Gasteiger charge is -2.50. The monoisotopic (exact) mass is 352 g/mol. The molecule has 0 saturated heterocycles. The number of rotatable bonds is 7. The van der Waals surface area contributed by atoms with Crippen LogP contribution in [0.1, 0.15) is 79.1 Å². The van der Waals surface area contributed by atoms with E-state index in [0.717, 1.165) is 31.6 Å². The Bertz CT molecular complexity index is 453. The van der Waals surface area contributed by atoms with Gasteiger partial charge in [0.1, 0.15) is 5.78 Å². The van der Waals surface area contributed by atoms with Gasteiger partial charge in [0.05, 0.1) is 5.60 Å². The van der Waals surface area contributed by atoms with Crippen molar-refractivity contribution >= 4 is 14.1 Å². The molecule has 0 radical (unpaired) electrons. The van der Waals surface area contributed by atoms with Gasteiger partial charge in [0.25, 0.3) is 0 Å². The summed E-state index contributed by atoms with van der Waals surface area (Å²) in [6, 6.07) is 0. The molecule has 2 aliphatic carbocycles. The zero-order chi connectivity index (χ0) is 18.2. The topological polar surface area (TPSA) is 26.3 Å². The van der Waals surface area contributed by atoms with Gasteiger partial charge in [-0.1, -0.05) is 33.6 Å². The summed E-state index contributed by atoms with van der Waals surface area (Å²) in [5.41, 5.74) is 0.113. The fourth-order valence-electron chi connectivity index (χ4n) is 5.79. The summed E-state index contributed by atoms with van der Waals surface area (Å²) in [5.74, 6) is 2.12. The second-order valence-electron chi connectivity index (χ2n) is 10.3. The molecular formula is C21H40O2Si. The van der Waals surface area contributed by atoms with E-state index in [-0.39, 0.29) is 11.0 Å². The molecule has 0 aliphatic heterocycles. The van der Waals surface area contributed by atoms with Crippen molar-refractivity contribution in [2.45, 2.75) is 104 Å². The molecule has 0 spiro atoms. The molecule has 0 N–H and O–H groups in total. The highest BCUT2D eigenvalue weighted by atomic mass is 28.4. The molecule has 3 heteroatoms. The maximum atomic E-state index is 12.5. The Morgan fingerprint density at radius 3 is 2.54 bits per heavy atom. The van der Waals surface area contributed by atoms with Gasteiger partial charge in [-0.05, 0) is 75.9 Å². The summed E-state index contributed by atoms with van der Waals surface area (Å²) < 4.78 is 6.87. The van der Waals surface area contributed by atoms with E-state index in [9.17, 15) is 4.79 Å². The Morgan fingerprint density at radius 1 is 1.29 bits per heavy atom. The van der Waals surface area contributed by atoms with Crippen molar-refractivity contribution in [1.82, 2.24) is 0 Å². The Labute approximate surface area is 151 Å². The standard InChI is InChI=1S/C21H40O2Si/c1-16(2)10-8-15-21(4,23-24(5,6)7)19-13-12-17-18(22)11-9-14-20(17,19)3/h16-17,19H,8-15H2,1-7H3. The van der Waals surface area contributed by atoms with Crippen LogP contribution in [-0.2, 0) is 9.22 Å². The van der Waals surface area contributed by atoms with Crippen LogP contribution in [-0.4, -0.2) is 19.7 Å². The van der Waals surface area contributed by atoms with Crippen LogP contribution in [0.25, 0.3) is 0 Å². The summed E-state index contributed by atoms with van der Waals surface area (Å²) in [6.07, 6.45) is 9.04. The molecule has 0 bridgehead atoms. The second-order valence-corrected chi connectivity index (χ2v) is 14.8. The van der Waals surface area contributed by atoms with Crippen molar-refractivity contribution in [3.63, 3.8) is 0 Å². The van der Waals surface area contributed by atoms with Crippen LogP contribution in [0.3, 0.4) is 0 Å². The normalized spacial score (nSPS) is 33.6. The Hall–Kier alpha value is -0.153. The van der Waals surface area contributed by atoms with Gasteiger partial charge in [0.2, 0.25) is 0 Å². The Morgan fingerprint density at radius 2 is 1.96 bits per heavy atom. The number of Topliss-reactive ketones (excluding diaryl/α,β-unsaturated/α-hetero) is 1. The number of carbonyl (C=O) groups excluding carboxylic acids is 1. The number of carbonyl (C=O) groups is 1. The lowest BCUT2D eigenvalue weighted by Crippen LogP contribution is -2.52. The molecule has 0 heterocycles. The van der Waals surface area contributed by atoms with Gasteiger partial charge < -0.3 is 4.43 Å². The van der Waals surface area contributed by atoms with Gasteiger partial charge in [-0.2, -0.15) is 0 Å². The SMILES string of the molecule is CC(C)CCCC(C)(O[Si](C)(C)C)C1CCC2C(=O)CCCC21C. The molecule has 2 nitrogen and oxygen atoms in total. The first kappa shape index (κ1) is 20.2. The largest absolute Gasteiger partial charge is 0.412 e. The molecule has 0 aromatic heterocycles. The fraction of sp³-hybridized carbons (Fsp3) is 0.952. The zero-order valence-electron chi connectivity index (χ0n) is 17.2. The molecule has 24 heavy (non-hydrogen) atoms.